The number of aryl methyl sites for hydroxylation is 1. The standard InChI is InChI=1S/C33H39ClN4O2/c1-40-31-14-6-13-29-30(33(39)35-24-27-11-5-12-28(34)23-27)25-38(32(29)31)19-8-18-36-16-7-17-37(22-21-36)20-15-26-9-3-2-4-10-26/h2-6,9-14,23,25H,7-8,15-22,24H2,1H3,(H,35,39). The molecular weight excluding hydrogens is 520 g/mol. The third-order valence-corrected chi connectivity index (χ3v) is 8.02. The summed E-state index contributed by atoms with van der Waals surface area (Å²) in [7, 11) is 1.69. The lowest BCUT2D eigenvalue weighted by molar-refractivity contribution is 0.0952. The first kappa shape index (κ1) is 28.2. The van der Waals surface area contributed by atoms with E-state index >= 15 is 0 Å². The molecule has 1 aliphatic rings. The first-order chi connectivity index (χ1) is 19.6. The molecule has 1 amide bonds. The summed E-state index contributed by atoms with van der Waals surface area (Å²) in [5, 5.41) is 4.63. The molecule has 1 N–H and O–H groups in total. The average Bonchev–Trinajstić information content (AvgIpc) is 3.20. The number of amides is 1. The van der Waals surface area contributed by atoms with E-state index in [0.29, 0.717) is 17.1 Å². The zero-order valence-electron chi connectivity index (χ0n) is 23.3. The van der Waals surface area contributed by atoms with Gasteiger partial charge in [0.25, 0.3) is 5.91 Å². The van der Waals surface area contributed by atoms with Crippen molar-refractivity contribution in [2.24, 2.45) is 0 Å². The van der Waals surface area contributed by atoms with Crippen LogP contribution in [0.3, 0.4) is 0 Å². The van der Waals surface area contributed by atoms with Crippen LogP contribution in [-0.4, -0.2) is 66.7 Å². The van der Waals surface area contributed by atoms with E-state index in [1.807, 2.05) is 48.7 Å². The number of ether oxygens (including phenoxy) is 1. The molecule has 0 atom stereocenters. The van der Waals surface area contributed by atoms with Crippen molar-refractivity contribution in [3.63, 3.8) is 0 Å². The Labute approximate surface area is 242 Å². The van der Waals surface area contributed by atoms with Gasteiger partial charge in [-0.2, -0.15) is 0 Å². The van der Waals surface area contributed by atoms with Gasteiger partial charge in [-0.1, -0.05) is 66.2 Å². The minimum absolute atomic E-state index is 0.0971. The summed E-state index contributed by atoms with van der Waals surface area (Å²) < 4.78 is 7.89. The highest BCUT2D eigenvalue weighted by molar-refractivity contribution is 6.30. The summed E-state index contributed by atoms with van der Waals surface area (Å²) in [5.74, 6) is 0.690. The third-order valence-electron chi connectivity index (χ3n) is 7.78. The van der Waals surface area contributed by atoms with Gasteiger partial charge in [-0.25, -0.2) is 0 Å². The molecule has 0 unspecified atom stereocenters. The average molecular weight is 559 g/mol. The van der Waals surface area contributed by atoms with E-state index in [1.54, 1.807) is 7.11 Å². The van der Waals surface area contributed by atoms with Crippen molar-refractivity contribution in [1.82, 2.24) is 19.7 Å². The van der Waals surface area contributed by atoms with Gasteiger partial charge >= 0.3 is 0 Å². The van der Waals surface area contributed by atoms with Gasteiger partial charge in [0, 0.05) is 49.3 Å². The summed E-state index contributed by atoms with van der Waals surface area (Å²) in [6.45, 7) is 7.92. The maximum atomic E-state index is 13.3. The van der Waals surface area contributed by atoms with Crippen LogP contribution in [0.15, 0.2) is 79.0 Å². The summed E-state index contributed by atoms with van der Waals surface area (Å²) in [5.41, 5.74) is 4.02. The third kappa shape index (κ3) is 7.25. The predicted octanol–water partition coefficient (Wildman–Crippen LogP) is 5.87. The largest absolute Gasteiger partial charge is 0.495 e. The molecule has 0 saturated carbocycles. The van der Waals surface area contributed by atoms with Gasteiger partial charge in [-0.3, -0.25) is 4.79 Å². The van der Waals surface area contributed by atoms with Crippen LogP contribution in [0.4, 0.5) is 0 Å². The normalized spacial score (nSPS) is 14.8. The maximum absolute atomic E-state index is 13.3. The number of aromatic nitrogens is 1. The number of benzene rings is 3. The molecule has 2 heterocycles. The highest BCUT2D eigenvalue weighted by atomic mass is 35.5. The van der Waals surface area contributed by atoms with Crippen LogP contribution in [0, 0.1) is 0 Å². The molecule has 7 heteroatoms. The molecule has 4 aromatic rings. The number of para-hydroxylation sites is 1. The van der Waals surface area contributed by atoms with Crippen molar-refractivity contribution in [3.8, 4) is 5.75 Å². The van der Waals surface area contributed by atoms with Gasteiger partial charge < -0.3 is 24.4 Å². The number of nitrogens with zero attached hydrogens (tertiary/aromatic N) is 3. The number of carbonyl (C=O) groups excluding carboxylic acids is 1. The molecule has 40 heavy (non-hydrogen) atoms. The van der Waals surface area contributed by atoms with E-state index in [4.69, 9.17) is 16.3 Å². The van der Waals surface area contributed by atoms with E-state index in [0.717, 1.165) is 80.9 Å². The van der Waals surface area contributed by atoms with Crippen LogP contribution < -0.4 is 10.1 Å². The van der Waals surface area contributed by atoms with Crippen LogP contribution >= 0.6 is 11.6 Å². The molecule has 210 valence electrons. The molecule has 0 bridgehead atoms. The molecule has 0 radical (unpaired) electrons. The Hall–Kier alpha value is -3.32. The van der Waals surface area contributed by atoms with Crippen molar-refractivity contribution < 1.29 is 9.53 Å². The summed E-state index contributed by atoms with van der Waals surface area (Å²) >= 11 is 6.11. The van der Waals surface area contributed by atoms with E-state index < -0.39 is 0 Å². The Morgan fingerprint density at radius 2 is 1.62 bits per heavy atom. The number of rotatable bonds is 11. The molecule has 0 aliphatic carbocycles. The number of hydrogen-bond donors (Lipinski definition) is 1. The quantitative estimate of drug-likeness (QED) is 0.250. The lowest BCUT2D eigenvalue weighted by atomic mass is 10.1. The van der Waals surface area contributed by atoms with Gasteiger partial charge in [-0.15, -0.1) is 0 Å². The molecule has 3 aromatic carbocycles. The van der Waals surface area contributed by atoms with E-state index in [9.17, 15) is 4.79 Å². The Morgan fingerprint density at radius 3 is 2.40 bits per heavy atom. The molecule has 1 fully saturated rings. The number of hydrogen-bond acceptors (Lipinski definition) is 4. The number of methoxy groups -OCH3 is 1. The van der Waals surface area contributed by atoms with E-state index in [-0.39, 0.29) is 5.91 Å². The predicted molar refractivity (Wildman–Crippen MR) is 163 cm³/mol. The van der Waals surface area contributed by atoms with Gasteiger partial charge in [0.05, 0.1) is 18.2 Å². The van der Waals surface area contributed by atoms with Crippen molar-refractivity contribution in [3.05, 3.63) is 101 Å². The van der Waals surface area contributed by atoms with Crippen LogP contribution in [0.2, 0.25) is 5.02 Å². The molecule has 6 nitrogen and oxygen atoms in total. The van der Waals surface area contributed by atoms with Crippen molar-refractivity contribution >= 4 is 28.4 Å². The first-order valence-electron chi connectivity index (χ1n) is 14.3. The summed E-state index contributed by atoms with van der Waals surface area (Å²) in [6, 6.07) is 24.2. The fraction of sp³-hybridized carbons (Fsp3) is 0.364. The van der Waals surface area contributed by atoms with Gasteiger partial charge in [0.15, 0.2) is 0 Å². The number of fused-ring (bicyclic) bond motifs is 1. The molecular formula is C33H39ClN4O2. The molecule has 1 aromatic heterocycles. The number of nitrogens with one attached hydrogen (secondary N) is 1. The first-order valence-corrected chi connectivity index (χ1v) is 14.7. The van der Waals surface area contributed by atoms with Gasteiger partial charge in [0.2, 0.25) is 0 Å². The van der Waals surface area contributed by atoms with Crippen LogP contribution in [0.25, 0.3) is 10.9 Å². The molecule has 1 aliphatic heterocycles. The van der Waals surface area contributed by atoms with Crippen molar-refractivity contribution in [2.75, 3.05) is 46.4 Å². The topological polar surface area (TPSA) is 49.7 Å². The molecule has 0 spiro atoms. The number of halogens is 1. The molecule has 5 rings (SSSR count). The van der Waals surface area contributed by atoms with E-state index in [1.165, 1.54) is 12.0 Å². The van der Waals surface area contributed by atoms with Crippen LogP contribution in [-0.2, 0) is 19.5 Å². The SMILES string of the molecule is COc1cccc2c(C(=O)NCc3cccc(Cl)c3)cn(CCCN3CCCN(CCc4ccccc4)CC3)c12. The minimum atomic E-state index is -0.0971. The smallest absolute Gasteiger partial charge is 0.253 e. The monoisotopic (exact) mass is 558 g/mol. The second kappa shape index (κ2) is 13.8. The summed E-state index contributed by atoms with van der Waals surface area (Å²) in [4.78, 5) is 18.4. The lowest BCUT2D eigenvalue weighted by Gasteiger charge is -2.22. The fourth-order valence-corrected chi connectivity index (χ4v) is 5.85. The van der Waals surface area contributed by atoms with Crippen LogP contribution in [0.5, 0.6) is 5.75 Å². The van der Waals surface area contributed by atoms with Crippen molar-refractivity contribution in [1.29, 1.82) is 0 Å². The number of carbonyl (C=O) groups is 1. The second-order valence-corrected chi connectivity index (χ2v) is 11.0. The lowest BCUT2D eigenvalue weighted by Crippen LogP contribution is -2.32. The zero-order valence-corrected chi connectivity index (χ0v) is 24.1. The van der Waals surface area contributed by atoms with E-state index in [2.05, 4.69) is 50.0 Å². The highest BCUT2D eigenvalue weighted by Crippen LogP contribution is 2.30. The summed E-state index contributed by atoms with van der Waals surface area (Å²) in [6.07, 6.45) is 5.30. The Balaban J connectivity index is 1.18. The highest BCUT2D eigenvalue weighted by Gasteiger charge is 2.19. The van der Waals surface area contributed by atoms with Crippen molar-refractivity contribution in [2.45, 2.75) is 32.4 Å². The van der Waals surface area contributed by atoms with Gasteiger partial charge in [-0.05, 0) is 68.2 Å². The molecule has 1 saturated heterocycles. The zero-order chi connectivity index (χ0) is 27.7. The second-order valence-electron chi connectivity index (χ2n) is 10.5. The minimum Gasteiger partial charge on any atom is -0.495 e. The fourth-order valence-electron chi connectivity index (χ4n) is 5.64. The maximum Gasteiger partial charge on any atom is 0.253 e. The Morgan fingerprint density at radius 1 is 0.875 bits per heavy atom. The Kier molecular flexibility index (Phi) is 9.76. The van der Waals surface area contributed by atoms with Gasteiger partial charge in [0.1, 0.15) is 5.75 Å². The van der Waals surface area contributed by atoms with Crippen LogP contribution in [0.1, 0.15) is 34.3 Å². The Bertz CT molecular complexity index is 1400.